The second-order valence-electron chi connectivity index (χ2n) is 8.93. The Kier molecular flexibility index (Phi) is 7.95. The van der Waals surface area contributed by atoms with Crippen LogP contribution in [0.1, 0.15) is 19.3 Å². The smallest absolute Gasteiger partial charge is 0.246 e. The highest BCUT2D eigenvalue weighted by molar-refractivity contribution is 7.89. The summed E-state index contributed by atoms with van der Waals surface area (Å²) >= 11 is 5.95. The number of nitrogens with zero attached hydrogens (tertiary/aromatic N) is 2. The van der Waals surface area contributed by atoms with Crippen LogP contribution in [0.3, 0.4) is 0 Å². The van der Waals surface area contributed by atoms with Gasteiger partial charge in [0.15, 0.2) is 0 Å². The van der Waals surface area contributed by atoms with Gasteiger partial charge >= 0.3 is 0 Å². The number of piperidine rings is 1. The van der Waals surface area contributed by atoms with Crippen molar-refractivity contribution in [3.05, 3.63) is 59.1 Å². The third kappa shape index (κ3) is 6.11. The van der Waals surface area contributed by atoms with Crippen molar-refractivity contribution in [1.29, 1.82) is 0 Å². The van der Waals surface area contributed by atoms with Crippen molar-refractivity contribution in [2.24, 2.45) is 5.41 Å². The molecule has 0 aliphatic carbocycles. The van der Waals surface area contributed by atoms with Crippen LogP contribution in [0.4, 0.5) is 8.78 Å². The maximum absolute atomic E-state index is 14.4. The van der Waals surface area contributed by atoms with Crippen molar-refractivity contribution in [3.8, 4) is 5.75 Å². The first-order valence-electron chi connectivity index (χ1n) is 11.4. The molecule has 0 aromatic heterocycles. The van der Waals surface area contributed by atoms with E-state index >= 15 is 0 Å². The summed E-state index contributed by atoms with van der Waals surface area (Å²) in [5.74, 6) is -1.58. The molecule has 7 nitrogen and oxygen atoms in total. The summed E-state index contributed by atoms with van der Waals surface area (Å²) in [7, 11) is -4.26. The summed E-state index contributed by atoms with van der Waals surface area (Å²) in [4.78, 5) is 14.3. The number of carbonyl (C=O) groups excluding carboxylic acids is 1. The van der Waals surface area contributed by atoms with Gasteiger partial charge in [-0.25, -0.2) is 17.2 Å². The fraction of sp³-hybridized carbons (Fsp3) is 0.458. The van der Waals surface area contributed by atoms with E-state index in [-0.39, 0.29) is 32.0 Å². The van der Waals surface area contributed by atoms with Gasteiger partial charge in [-0.05, 0) is 49.2 Å². The quantitative estimate of drug-likeness (QED) is 0.547. The summed E-state index contributed by atoms with van der Waals surface area (Å²) in [6.45, 7) is 2.05. The van der Waals surface area contributed by atoms with Crippen LogP contribution in [-0.2, 0) is 19.6 Å². The zero-order chi connectivity index (χ0) is 25.1. The molecule has 1 amide bonds. The van der Waals surface area contributed by atoms with Gasteiger partial charge in [0.25, 0.3) is 0 Å². The molecule has 2 aliphatic heterocycles. The van der Waals surface area contributed by atoms with E-state index in [1.54, 1.807) is 29.2 Å². The number of hydrogen-bond donors (Lipinski definition) is 0. The number of rotatable bonds is 7. The first kappa shape index (κ1) is 25.8. The molecule has 0 saturated carbocycles. The Labute approximate surface area is 208 Å². The number of hydrogen-bond acceptors (Lipinski definition) is 5. The van der Waals surface area contributed by atoms with Crippen molar-refractivity contribution < 1.29 is 31.5 Å². The van der Waals surface area contributed by atoms with Crippen LogP contribution in [0, 0.1) is 17.0 Å². The molecule has 0 unspecified atom stereocenters. The molecule has 2 aromatic rings. The molecule has 2 saturated heterocycles. The molecule has 0 bridgehead atoms. The van der Waals surface area contributed by atoms with Crippen LogP contribution in [-0.4, -0.2) is 69.5 Å². The zero-order valence-corrected chi connectivity index (χ0v) is 20.7. The lowest BCUT2D eigenvalue weighted by molar-refractivity contribution is -0.139. The summed E-state index contributed by atoms with van der Waals surface area (Å²) < 4.78 is 66.9. The summed E-state index contributed by atoms with van der Waals surface area (Å²) in [5.41, 5.74) is -0.836. The van der Waals surface area contributed by atoms with Crippen LogP contribution in [0.25, 0.3) is 0 Å². The van der Waals surface area contributed by atoms with Crippen LogP contribution >= 0.6 is 11.6 Å². The second-order valence-corrected chi connectivity index (χ2v) is 11.3. The van der Waals surface area contributed by atoms with Gasteiger partial charge in [-0.3, -0.25) is 4.79 Å². The fourth-order valence-corrected chi connectivity index (χ4v) is 6.28. The van der Waals surface area contributed by atoms with Crippen molar-refractivity contribution in [2.75, 3.05) is 46.0 Å². The number of ether oxygens (including phenoxy) is 2. The molecule has 0 N–H and O–H groups in total. The van der Waals surface area contributed by atoms with Gasteiger partial charge in [0.1, 0.15) is 22.3 Å². The molecular weight excluding hydrogens is 502 g/mol. The molecule has 2 heterocycles. The summed E-state index contributed by atoms with van der Waals surface area (Å²) in [6, 6.07) is 9.15. The second kappa shape index (κ2) is 10.8. The predicted octanol–water partition coefficient (Wildman–Crippen LogP) is 3.72. The van der Waals surface area contributed by atoms with Crippen LogP contribution in [0.5, 0.6) is 5.75 Å². The molecule has 11 heteroatoms. The summed E-state index contributed by atoms with van der Waals surface area (Å²) in [5, 5.41) is 0.547. The molecule has 1 atom stereocenters. The monoisotopic (exact) mass is 528 g/mol. The number of benzene rings is 2. The highest BCUT2D eigenvalue weighted by Gasteiger charge is 2.43. The Bertz CT molecular complexity index is 1160. The Balaban J connectivity index is 1.59. The third-order valence-corrected chi connectivity index (χ3v) is 8.52. The van der Waals surface area contributed by atoms with Crippen molar-refractivity contribution in [3.63, 3.8) is 0 Å². The van der Waals surface area contributed by atoms with Crippen LogP contribution in [0.2, 0.25) is 5.02 Å². The van der Waals surface area contributed by atoms with E-state index in [0.717, 1.165) is 12.1 Å². The van der Waals surface area contributed by atoms with Gasteiger partial charge < -0.3 is 14.4 Å². The van der Waals surface area contributed by atoms with Gasteiger partial charge in [0.2, 0.25) is 15.9 Å². The normalized spacial score (nSPS) is 21.6. The minimum absolute atomic E-state index is 0.0319. The summed E-state index contributed by atoms with van der Waals surface area (Å²) in [6.07, 6.45) is 1.08. The highest BCUT2D eigenvalue weighted by Crippen LogP contribution is 2.38. The van der Waals surface area contributed by atoms with E-state index in [2.05, 4.69) is 0 Å². The van der Waals surface area contributed by atoms with E-state index in [0.29, 0.717) is 56.0 Å². The lowest BCUT2D eigenvalue weighted by Crippen LogP contribution is -2.52. The minimum atomic E-state index is -4.26. The molecule has 0 spiro atoms. The van der Waals surface area contributed by atoms with Crippen molar-refractivity contribution in [2.45, 2.75) is 24.2 Å². The average molecular weight is 529 g/mol. The van der Waals surface area contributed by atoms with E-state index < -0.39 is 32.0 Å². The molecule has 2 aromatic carbocycles. The van der Waals surface area contributed by atoms with Gasteiger partial charge in [-0.2, -0.15) is 4.31 Å². The first-order chi connectivity index (χ1) is 16.7. The fourth-order valence-electron chi connectivity index (χ4n) is 4.52. The Hall–Kier alpha value is -2.27. The Morgan fingerprint density at radius 1 is 1.09 bits per heavy atom. The lowest BCUT2D eigenvalue weighted by Gasteiger charge is -2.42. The van der Waals surface area contributed by atoms with Gasteiger partial charge in [0.05, 0.1) is 19.8 Å². The molecule has 35 heavy (non-hydrogen) atoms. The van der Waals surface area contributed by atoms with E-state index in [4.69, 9.17) is 21.1 Å². The number of carbonyl (C=O) groups is 1. The standard InChI is InChI=1S/C24H27ClF2N2O5S/c25-18-2-5-20(6-3-18)34-17-24(15-23(30)28-10-12-33-13-11-28)8-1-9-29(16-24)35(31,32)22-7-4-19(26)14-21(22)27/h2-7,14H,1,8-13,15-17H2/t24-/m1/s1. The van der Waals surface area contributed by atoms with Gasteiger partial charge in [-0.15, -0.1) is 0 Å². The van der Waals surface area contributed by atoms with E-state index in [1.165, 1.54) is 4.31 Å². The predicted molar refractivity (Wildman–Crippen MR) is 126 cm³/mol. The average Bonchev–Trinajstić information content (AvgIpc) is 2.84. The van der Waals surface area contributed by atoms with Gasteiger partial charge in [-0.1, -0.05) is 11.6 Å². The molecule has 2 fully saturated rings. The van der Waals surface area contributed by atoms with Gasteiger partial charge in [0, 0.05) is 49.1 Å². The van der Waals surface area contributed by atoms with Crippen molar-refractivity contribution >= 4 is 27.5 Å². The number of morpholine rings is 1. The molecule has 4 rings (SSSR count). The largest absolute Gasteiger partial charge is 0.493 e. The number of sulfonamides is 1. The maximum Gasteiger partial charge on any atom is 0.246 e. The van der Waals surface area contributed by atoms with E-state index in [9.17, 15) is 22.0 Å². The minimum Gasteiger partial charge on any atom is -0.493 e. The number of amides is 1. The zero-order valence-electron chi connectivity index (χ0n) is 19.1. The van der Waals surface area contributed by atoms with Crippen LogP contribution in [0.15, 0.2) is 47.4 Å². The van der Waals surface area contributed by atoms with Crippen molar-refractivity contribution in [1.82, 2.24) is 9.21 Å². The van der Waals surface area contributed by atoms with E-state index in [1.807, 2.05) is 0 Å². The molecule has 0 radical (unpaired) electrons. The third-order valence-electron chi connectivity index (χ3n) is 6.39. The first-order valence-corrected chi connectivity index (χ1v) is 13.2. The number of halogens is 3. The SMILES string of the molecule is O=C(C[C@]1(COc2ccc(Cl)cc2)CCCN(S(=O)(=O)c2ccc(F)cc2F)C1)N1CCOCC1. The Morgan fingerprint density at radius 2 is 1.80 bits per heavy atom. The topological polar surface area (TPSA) is 76.2 Å². The molecular formula is C24H27ClF2N2O5S. The highest BCUT2D eigenvalue weighted by atomic mass is 35.5. The van der Waals surface area contributed by atoms with Crippen LogP contribution < -0.4 is 4.74 Å². The molecule has 2 aliphatic rings. The lowest BCUT2D eigenvalue weighted by atomic mass is 9.78. The maximum atomic E-state index is 14.4. The molecule has 190 valence electrons. The Morgan fingerprint density at radius 3 is 2.49 bits per heavy atom.